The predicted molar refractivity (Wildman–Crippen MR) is 86.3 cm³/mol. The molecule has 0 unspecified atom stereocenters. The van der Waals surface area contributed by atoms with E-state index in [0.29, 0.717) is 28.7 Å². The quantitative estimate of drug-likeness (QED) is 0.751. The Morgan fingerprint density at radius 1 is 1.08 bits per heavy atom. The zero-order chi connectivity index (χ0) is 18.0. The van der Waals surface area contributed by atoms with Crippen LogP contribution in [0.5, 0.6) is 5.75 Å². The molecule has 0 aromatic heterocycles. The van der Waals surface area contributed by atoms with Crippen LogP contribution in [0, 0.1) is 0 Å². The van der Waals surface area contributed by atoms with Crippen LogP contribution in [0.15, 0.2) is 48.5 Å². The average molecular weight is 348 g/mol. The molecule has 0 N–H and O–H groups in total. The maximum absolute atomic E-state index is 12.7. The molecule has 0 atom stereocenters. The van der Waals surface area contributed by atoms with Crippen molar-refractivity contribution in [3.63, 3.8) is 0 Å². The van der Waals surface area contributed by atoms with Gasteiger partial charge < -0.3 is 9.47 Å². The Balaban J connectivity index is 2.09. The summed E-state index contributed by atoms with van der Waals surface area (Å²) in [5.41, 5.74) is 2.98. The first-order valence-corrected chi connectivity index (χ1v) is 7.66. The molecule has 2 aromatic carbocycles. The van der Waals surface area contributed by atoms with Crippen LogP contribution >= 0.6 is 0 Å². The van der Waals surface area contributed by atoms with Crippen molar-refractivity contribution in [3.05, 3.63) is 70.8 Å². The summed E-state index contributed by atoms with van der Waals surface area (Å²) in [7, 11) is 1.28. The van der Waals surface area contributed by atoms with E-state index >= 15 is 0 Å². The number of fused-ring (bicyclic) bond motifs is 1. The molecule has 3 rings (SSSR count). The Bertz CT molecular complexity index is 838. The highest BCUT2D eigenvalue weighted by molar-refractivity contribution is 5.93. The van der Waals surface area contributed by atoms with Crippen LogP contribution in [0.3, 0.4) is 0 Å². The summed E-state index contributed by atoms with van der Waals surface area (Å²) in [6.07, 6.45) is -1.47. The van der Waals surface area contributed by atoms with Crippen molar-refractivity contribution in [2.24, 2.45) is 0 Å². The Morgan fingerprint density at radius 3 is 2.56 bits per heavy atom. The standard InChI is InChI=1S/C19H15F3O3/c1-24-18(23)13-10-9-12-5-4-7-14(16(12)11-13)15-6-2-3-8-17(15)25-19(20,21)22/h2-3,6-11H,4-5H2,1H3. The summed E-state index contributed by atoms with van der Waals surface area (Å²) in [6.45, 7) is 0. The fraction of sp³-hybridized carbons (Fsp3) is 0.211. The van der Waals surface area contributed by atoms with E-state index in [2.05, 4.69) is 4.74 Å². The van der Waals surface area contributed by atoms with Crippen LogP contribution in [0.25, 0.3) is 5.57 Å². The van der Waals surface area contributed by atoms with E-state index in [1.165, 1.54) is 19.2 Å². The molecule has 0 amide bonds. The molecule has 0 bridgehead atoms. The molecule has 1 aliphatic rings. The summed E-state index contributed by atoms with van der Waals surface area (Å²) in [5.74, 6) is -0.759. The number of ether oxygens (including phenoxy) is 2. The van der Waals surface area contributed by atoms with E-state index in [9.17, 15) is 18.0 Å². The summed E-state index contributed by atoms with van der Waals surface area (Å²) in [5, 5.41) is 0. The zero-order valence-electron chi connectivity index (χ0n) is 13.4. The fourth-order valence-electron chi connectivity index (χ4n) is 2.93. The van der Waals surface area contributed by atoms with Gasteiger partial charge in [0.1, 0.15) is 5.75 Å². The molecule has 0 spiro atoms. The number of hydrogen-bond donors (Lipinski definition) is 0. The molecule has 6 heteroatoms. The van der Waals surface area contributed by atoms with Gasteiger partial charge in [-0.1, -0.05) is 30.3 Å². The number of methoxy groups -OCH3 is 1. The van der Waals surface area contributed by atoms with E-state index < -0.39 is 12.3 Å². The van der Waals surface area contributed by atoms with E-state index in [4.69, 9.17) is 4.74 Å². The number of carbonyl (C=O) groups excluding carboxylic acids is 1. The average Bonchev–Trinajstić information content (AvgIpc) is 2.59. The third-order valence-corrected chi connectivity index (χ3v) is 3.99. The van der Waals surface area contributed by atoms with Gasteiger partial charge in [-0.15, -0.1) is 13.2 Å². The molecule has 0 heterocycles. The molecule has 130 valence electrons. The van der Waals surface area contributed by atoms with Crippen molar-refractivity contribution in [1.82, 2.24) is 0 Å². The van der Waals surface area contributed by atoms with Crippen molar-refractivity contribution < 1.29 is 27.4 Å². The smallest absolute Gasteiger partial charge is 0.465 e. The molecule has 0 saturated carbocycles. The highest BCUT2D eigenvalue weighted by atomic mass is 19.4. The van der Waals surface area contributed by atoms with Crippen LogP contribution in [0.2, 0.25) is 0 Å². The summed E-state index contributed by atoms with van der Waals surface area (Å²) in [6, 6.07) is 11.1. The minimum absolute atomic E-state index is 0.266. The number of esters is 1. The van der Waals surface area contributed by atoms with Crippen molar-refractivity contribution in [2.75, 3.05) is 7.11 Å². The molecule has 0 radical (unpaired) electrons. The van der Waals surface area contributed by atoms with Crippen molar-refractivity contribution in [1.29, 1.82) is 0 Å². The number of aryl methyl sites for hydroxylation is 1. The second-order valence-electron chi connectivity index (χ2n) is 5.56. The largest absolute Gasteiger partial charge is 0.573 e. The van der Waals surface area contributed by atoms with Gasteiger partial charge in [0.2, 0.25) is 0 Å². The Kier molecular flexibility index (Phi) is 4.53. The first-order valence-electron chi connectivity index (χ1n) is 7.66. The van der Waals surface area contributed by atoms with E-state index in [1.54, 1.807) is 24.3 Å². The topological polar surface area (TPSA) is 35.5 Å². The number of alkyl halides is 3. The lowest BCUT2D eigenvalue weighted by Crippen LogP contribution is -2.18. The van der Waals surface area contributed by atoms with Gasteiger partial charge in [0, 0.05) is 5.56 Å². The zero-order valence-corrected chi connectivity index (χ0v) is 13.4. The van der Waals surface area contributed by atoms with Gasteiger partial charge in [-0.05, 0) is 47.7 Å². The summed E-state index contributed by atoms with van der Waals surface area (Å²) in [4.78, 5) is 11.8. The van der Waals surface area contributed by atoms with E-state index in [-0.39, 0.29) is 5.75 Å². The predicted octanol–water partition coefficient (Wildman–Crippen LogP) is 4.75. The first kappa shape index (κ1) is 17.1. The number of rotatable bonds is 3. The molecule has 25 heavy (non-hydrogen) atoms. The van der Waals surface area contributed by atoms with Crippen LogP contribution in [-0.2, 0) is 11.2 Å². The Labute approximate surface area is 142 Å². The van der Waals surface area contributed by atoms with Crippen LogP contribution in [0.1, 0.15) is 33.5 Å². The van der Waals surface area contributed by atoms with Gasteiger partial charge in [0.25, 0.3) is 0 Å². The van der Waals surface area contributed by atoms with Gasteiger partial charge >= 0.3 is 12.3 Å². The molecule has 0 aliphatic heterocycles. The van der Waals surface area contributed by atoms with Crippen molar-refractivity contribution in [3.8, 4) is 5.75 Å². The third kappa shape index (κ3) is 3.68. The molecule has 0 saturated heterocycles. The van der Waals surface area contributed by atoms with E-state index in [1.807, 2.05) is 12.1 Å². The van der Waals surface area contributed by atoms with E-state index in [0.717, 1.165) is 12.0 Å². The maximum atomic E-state index is 12.7. The second kappa shape index (κ2) is 6.63. The minimum Gasteiger partial charge on any atom is -0.465 e. The number of carbonyl (C=O) groups is 1. The van der Waals surface area contributed by atoms with Gasteiger partial charge in [0.05, 0.1) is 12.7 Å². The fourth-order valence-corrected chi connectivity index (χ4v) is 2.93. The number of allylic oxidation sites excluding steroid dienone is 1. The van der Waals surface area contributed by atoms with Crippen LogP contribution in [-0.4, -0.2) is 19.4 Å². The number of benzene rings is 2. The second-order valence-corrected chi connectivity index (χ2v) is 5.56. The molecular weight excluding hydrogens is 333 g/mol. The summed E-state index contributed by atoms with van der Waals surface area (Å²) >= 11 is 0. The highest BCUT2D eigenvalue weighted by Gasteiger charge is 2.32. The third-order valence-electron chi connectivity index (χ3n) is 3.99. The Hall–Kier alpha value is -2.76. The minimum atomic E-state index is -4.78. The highest BCUT2D eigenvalue weighted by Crippen LogP contribution is 2.38. The van der Waals surface area contributed by atoms with Gasteiger partial charge in [-0.2, -0.15) is 0 Å². The van der Waals surface area contributed by atoms with Gasteiger partial charge in [-0.3, -0.25) is 0 Å². The van der Waals surface area contributed by atoms with Gasteiger partial charge in [-0.25, -0.2) is 4.79 Å². The lowest BCUT2D eigenvalue weighted by molar-refractivity contribution is -0.274. The van der Waals surface area contributed by atoms with Crippen LogP contribution in [0.4, 0.5) is 13.2 Å². The monoisotopic (exact) mass is 348 g/mol. The molecule has 0 fully saturated rings. The number of halogens is 3. The van der Waals surface area contributed by atoms with Crippen LogP contribution < -0.4 is 4.74 Å². The Morgan fingerprint density at radius 2 is 1.84 bits per heavy atom. The number of para-hydroxylation sites is 1. The normalized spacial score (nSPS) is 13.7. The summed E-state index contributed by atoms with van der Waals surface area (Å²) < 4.78 is 47.0. The number of hydrogen-bond acceptors (Lipinski definition) is 3. The van der Waals surface area contributed by atoms with Crippen molar-refractivity contribution in [2.45, 2.75) is 19.2 Å². The molecule has 2 aromatic rings. The van der Waals surface area contributed by atoms with Crippen molar-refractivity contribution >= 4 is 11.5 Å². The lowest BCUT2D eigenvalue weighted by Gasteiger charge is -2.21. The lowest BCUT2D eigenvalue weighted by atomic mass is 9.85. The molecule has 1 aliphatic carbocycles. The first-order chi connectivity index (χ1) is 11.9. The molecular formula is C19H15F3O3. The van der Waals surface area contributed by atoms with Gasteiger partial charge in [0.15, 0.2) is 0 Å². The molecule has 3 nitrogen and oxygen atoms in total. The maximum Gasteiger partial charge on any atom is 0.573 e. The SMILES string of the molecule is COC(=O)c1ccc2c(c1)C(c1ccccc1OC(F)(F)F)=CCC2.